The van der Waals surface area contributed by atoms with Crippen molar-refractivity contribution in [1.29, 1.82) is 0 Å². The van der Waals surface area contributed by atoms with Gasteiger partial charge in [0.15, 0.2) is 0 Å². The normalized spacial score (nSPS) is 16.2. The Morgan fingerprint density at radius 3 is 2.55 bits per heavy atom. The van der Waals surface area contributed by atoms with Gasteiger partial charge in [-0.05, 0) is 18.3 Å². The molecule has 0 rings (SSSR count). The van der Waals surface area contributed by atoms with Crippen LogP contribution in [-0.2, 0) is 4.43 Å². The van der Waals surface area contributed by atoms with Gasteiger partial charge in [-0.25, -0.2) is 0 Å². The molecule has 0 radical (unpaired) electrons. The molecule has 0 bridgehead atoms. The highest BCUT2D eigenvalue weighted by molar-refractivity contribution is 5.97. The molecule has 0 aromatic carbocycles. The molecular weight excluding hydrogens is 152 g/mol. The van der Waals surface area contributed by atoms with Gasteiger partial charge in [0, 0.05) is 6.61 Å². The fourth-order valence-corrected chi connectivity index (χ4v) is 1.44. The zero-order valence-electron chi connectivity index (χ0n) is 8.02. The zero-order chi connectivity index (χ0) is 8.74. The van der Waals surface area contributed by atoms with Gasteiger partial charge in [-0.15, -0.1) is 6.58 Å². The highest BCUT2D eigenvalue weighted by atomic mass is 28.2. The van der Waals surface area contributed by atoms with Crippen LogP contribution in [0.15, 0.2) is 12.7 Å². The molecule has 1 nitrogen and oxygen atoms in total. The summed E-state index contributed by atoms with van der Waals surface area (Å²) < 4.78 is 5.18. The van der Waals surface area contributed by atoms with E-state index in [0.717, 1.165) is 23.5 Å². The molecule has 0 fully saturated rings. The van der Waals surface area contributed by atoms with Crippen LogP contribution in [-0.4, -0.2) is 17.1 Å². The molecule has 1 unspecified atom stereocenters. The molecule has 1 atom stereocenters. The molecule has 0 heterocycles. The molecule has 11 heavy (non-hydrogen) atoms. The molecule has 66 valence electrons. The third kappa shape index (κ3) is 4.38. The molecule has 0 aliphatic heterocycles. The van der Waals surface area contributed by atoms with E-state index >= 15 is 0 Å². The summed E-state index contributed by atoms with van der Waals surface area (Å²) in [5, 5.41) is 0. The average molecular weight is 172 g/mol. The van der Waals surface area contributed by atoms with E-state index in [1.165, 1.54) is 12.8 Å². The fraction of sp³-hybridized carbons (Fsp3) is 0.778. The van der Waals surface area contributed by atoms with Gasteiger partial charge in [-0.1, -0.05) is 26.3 Å². The predicted molar refractivity (Wildman–Crippen MR) is 53.7 cm³/mol. The van der Waals surface area contributed by atoms with Crippen LogP contribution < -0.4 is 0 Å². The van der Waals surface area contributed by atoms with Crippen molar-refractivity contribution in [2.45, 2.75) is 33.1 Å². The maximum absolute atomic E-state index is 5.18. The molecule has 0 aliphatic rings. The third-order valence-corrected chi connectivity index (χ3v) is 2.60. The first kappa shape index (κ1) is 10.9. The van der Waals surface area contributed by atoms with Crippen LogP contribution in [0.5, 0.6) is 0 Å². The van der Waals surface area contributed by atoms with Crippen LogP contribution >= 0.6 is 0 Å². The SMILES string of the molecule is C=CC(C)(CCC)CCO[SiH3]. The second-order valence-electron chi connectivity index (χ2n) is 3.35. The van der Waals surface area contributed by atoms with Crippen LogP contribution in [0.3, 0.4) is 0 Å². The van der Waals surface area contributed by atoms with E-state index in [2.05, 4.69) is 26.5 Å². The van der Waals surface area contributed by atoms with Crippen LogP contribution in [0.25, 0.3) is 0 Å². The second kappa shape index (κ2) is 5.55. The zero-order valence-corrected chi connectivity index (χ0v) is 10.0. The standard InChI is InChI=1S/C9H20OSi/c1-4-6-9(3,5-2)7-8-10-11/h5H,2,4,6-8H2,1,3,11H3. The van der Waals surface area contributed by atoms with E-state index in [-0.39, 0.29) is 0 Å². The second-order valence-corrected chi connectivity index (χ2v) is 3.93. The Balaban J connectivity index is 3.77. The monoisotopic (exact) mass is 172 g/mol. The number of hydrogen-bond donors (Lipinski definition) is 0. The van der Waals surface area contributed by atoms with E-state index < -0.39 is 0 Å². The third-order valence-electron chi connectivity index (χ3n) is 2.19. The van der Waals surface area contributed by atoms with Crippen molar-refractivity contribution in [2.75, 3.05) is 6.61 Å². The van der Waals surface area contributed by atoms with Crippen molar-refractivity contribution in [3.8, 4) is 0 Å². The summed E-state index contributed by atoms with van der Waals surface area (Å²) in [6, 6.07) is 0. The molecule has 0 N–H and O–H groups in total. The van der Waals surface area contributed by atoms with Gasteiger partial charge in [-0.2, -0.15) is 0 Å². The van der Waals surface area contributed by atoms with E-state index in [1.807, 2.05) is 0 Å². The Labute approximate surface area is 73.4 Å². The summed E-state index contributed by atoms with van der Waals surface area (Å²) in [6.45, 7) is 9.22. The van der Waals surface area contributed by atoms with Crippen molar-refractivity contribution in [2.24, 2.45) is 5.41 Å². The predicted octanol–water partition coefficient (Wildman–Crippen LogP) is 1.67. The molecular formula is C9H20OSi. The molecule has 0 amide bonds. The van der Waals surface area contributed by atoms with Crippen molar-refractivity contribution in [3.05, 3.63) is 12.7 Å². The Kier molecular flexibility index (Phi) is 5.51. The van der Waals surface area contributed by atoms with Crippen molar-refractivity contribution < 1.29 is 4.43 Å². The lowest BCUT2D eigenvalue weighted by atomic mass is 9.83. The maximum Gasteiger partial charge on any atom is 0.145 e. The Bertz CT molecular complexity index is 114. The van der Waals surface area contributed by atoms with Crippen LogP contribution in [0, 0.1) is 5.41 Å². The summed E-state index contributed by atoms with van der Waals surface area (Å²) >= 11 is 0. The Morgan fingerprint density at radius 2 is 2.18 bits per heavy atom. The topological polar surface area (TPSA) is 9.23 Å². The number of rotatable bonds is 6. The summed E-state index contributed by atoms with van der Waals surface area (Å²) in [6.07, 6.45) is 5.63. The summed E-state index contributed by atoms with van der Waals surface area (Å²) in [5.41, 5.74) is 0.305. The highest BCUT2D eigenvalue weighted by Gasteiger charge is 2.17. The minimum Gasteiger partial charge on any atom is -0.428 e. The quantitative estimate of drug-likeness (QED) is 0.437. The Morgan fingerprint density at radius 1 is 1.55 bits per heavy atom. The van der Waals surface area contributed by atoms with Gasteiger partial charge in [0.1, 0.15) is 10.5 Å². The minimum atomic E-state index is 0.305. The van der Waals surface area contributed by atoms with Crippen LogP contribution in [0.2, 0.25) is 0 Å². The van der Waals surface area contributed by atoms with E-state index in [1.54, 1.807) is 0 Å². The maximum atomic E-state index is 5.18. The fourth-order valence-electron chi connectivity index (χ4n) is 1.24. The van der Waals surface area contributed by atoms with Crippen molar-refractivity contribution in [1.82, 2.24) is 0 Å². The highest BCUT2D eigenvalue weighted by Crippen LogP contribution is 2.28. The van der Waals surface area contributed by atoms with Gasteiger partial charge in [0.2, 0.25) is 0 Å². The summed E-state index contributed by atoms with van der Waals surface area (Å²) in [7, 11) is 0.855. The largest absolute Gasteiger partial charge is 0.428 e. The van der Waals surface area contributed by atoms with E-state index in [0.29, 0.717) is 5.41 Å². The van der Waals surface area contributed by atoms with Crippen molar-refractivity contribution >= 4 is 10.5 Å². The summed E-state index contributed by atoms with van der Waals surface area (Å²) in [4.78, 5) is 0. The van der Waals surface area contributed by atoms with E-state index in [4.69, 9.17) is 4.43 Å². The average Bonchev–Trinajstić information content (AvgIpc) is 2.02. The molecule has 2 heteroatoms. The molecule has 0 aromatic heterocycles. The summed E-state index contributed by atoms with van der Waals surface area (Å²) in [5.74, 6) is 0. The first-order valence-electron chi connectivity index (χ1n) is 4.31. The van der Waals surface area contributed by atoms with E-state index in [9.17, 15) is 0 Å². The molecule has 0 spiro atoms. The molecule has 0 saturated carbocycles. The lowest BCUT2D eigenvalue weighted by Gasteiger charge is -2.24. The van der Waals surface area contributed by atoms with Gasteiger partial charge < -0.3 is 4.43 Å². The van der Waals surface area contributed by atoms with Crippen LogP contribution in [0.1, 0.15) is 33.1 Å². The first-order chi connectivity index (χ1) is 5.18. The lowest BCUT2D eigenvalue weighted by Crippen LogP contribution is -2.15. The smallest absolute Gasteiger partial charge is 0.145 e. The molecule has 0 saturated heterocycles. The lowest BCUT2D eigenvalue weighted by molar-refractivity contribution is 0.254. The van der Waals surface area contributed by atoms with Crippen LogP contribution in [0.4, 0.5) is 0 Å². The molecule has 0 aliphatic carbocycles. The van der Waals surface area contributed by atoms with Gasteiger partial charge in [0.05, 0.1) is 0 Å². The molecule has 0 aromatic rings. The van der Waals surface area contributed by atoms with Crippen molar-refractivity contribution in [3.63, 3.8) is 0 Å². The minimum absolute atomic E-state index is 0.305. The van der Waals surface area contributed by atoms with Gasteiger partial charge in [0.25, 0.3) is 0 Å². The Hall–Kier alpha value is -0.0831. The number of hydrogen-bond acceptors (Lipinski definition) is 1. The number of allylic oxidation sites excluding steroid dienone is 1. The first-order valence-corrected chi connectivity index (χ1v) is 5.12. The van der Waals surface area contributed by atoms with Gasteiger partial charge >= 0.3 is 0 Å². The van der Waals surface area contributed by atoms with Gasteiger partial charge in [-0.3, -0.25) is 0 Å².